The highest BCUT2D eigenvalue weighted by Crippen LogP contribution is 2.28. The van der Waals surface area contributed by atoms with Crippen LogP contribution < -0.4 is 10.1 Å². The van der Waals surface area contributed by atoms with Gasteiger partial charge in [0.05, 0.1) is 12.3 Å². The zero-order valence-corrected chi connectivity index (χ0v) is 24.2. The van der Waals surface area contributed by atoms with Crippen molar-refractivity contribution in [1.29, 1.82) is 0 Å². The molecule has 2 saturated heterocycles. The molecule has 1 N–H and O–H groups in total. The van der Waals surface area contributed by atoms with Gasteiger partial charge in [-0.05, 0) is 86.3 Å². The summed E-state index contributed by atoms with van der Waals surface area (Å²) < 4.78 is 12.0. The monoisotopic (exact) mass is 563 g/mol. The van der Waals surface area contributed by atoms with Crippen molar-refractivity contribution in [2.45, 2.75) is 43.7 Å². The summed E-state index contributed by atoms with van der Waals surface area (Å²) in [6, 6.07) is 33.2. The van der Waals surface area contributed by atoms with E-state index in [1.807, 2.05) is 36.4 Å². The van der Waals surface area contributed by atoms with Gasteiger partial charge in [-0.25, -0.2) is 0 Å². The van der Waals surface area contributed by atoms with Gasteiger partial charge < -0.3 is 19.4 Å². The minimum atomic E-state index is -0.0722. The molecule has 2 fully saturated rings. The van der Waals surface area contributed by atoms with Gasteiger partial charge in [0.25, 0.3) is 5.91 Å². The van der Waals surface area contributed by atoms with Crippen molar-refractivity contribution in [2.75, 3.05) is 39.3 Å². The molecule has 0 aliphatic carbocycles. The molecule has 0 saturated carbocycles. The number of nitrogens with one attached hydrogen (secondary N) is 1. The molecule has 1 aromatic heterocycles. The summed E-state index contributed by atoms with van der Waals surface area (Å²) in [5.41, 5.74) is 3.36. The molecule has 42 heavy (non-hydrogen) atoms. The number of hydrogen-bond acceptors (Lipinski definition) is 5. The number of benzene rings is 3. The van der Waals surface area contributed by atoms with Crippen LogP contribution in [0.25, 0.3) is 0 Å². The highest BCUT2D eigenvalue weighted by molar-refractivity contribution is 5.94. The lowest BCUT2D eigenvalue weighted by atomic mass is 9.90. The van der Waals surface area contributed by atoms with Gasteiger partial charge in [0, 0.05) is 37.7 Å². The average molecular weight is 564 g/mol. The second kappa shape index (κ2) is 13.9. The molecule has 6 heteroatoms. The fraction of sp³-hybridized carbons (Fsp3) is 0.361. The molecule has 0 radical (unpaired) electrons. The first-order chi connectivity index (χ1) is 20.7. The molecule has 4 aromatic rings. The Hall–Kier alpha value is -3.87. The summed E-state index contributed by atoms with van der Waals surface area (Å²) in [5.74, 6) is 2.01. The highest BCUT2D eigenvalue weighted by Gasteiger charge is 2.27. The quantitative estimate of drug-likeness (QED) is 0.225. The van der Waals surface area contributed by atoms with Crippen molar-refractivity contribution in [3.05, 3.63) is 126 Å². The number of likely N-dealkylation sites (tertiary alicyclic amines) is 2. The van der Waals surface area contributed by atoms with Crippen LogP contribution in [0, 0.1) is 0 Å². The van der Waals surface area contributed by atoms with E-state index in [0.29, 0.717) is 18.0 Å². The van der Waals surface area contributed by atoms with Gasteiger partial charge >= 0.3 is 0 Å². The third-order valence-corrected chi connectivity index (χ3v) is 8.71. The Bertz CT molecular complexity index is 1320. The first-order valence-corrected chi connectivity index (χ1v) is 15.4. The van der Waals surface area contributed by atoms with Crippen LogP contribution in [0.3, 0.4) is 0 Å². The molecule has 2 aliphatic heterocycles. The van der Waals surface area contributed by atoms with Gasteiger partial charge in [-0.2, -0.15) is 0 Å². The number of piperidine rings is 1. The topological polar surface area (TPSA) is 58.0 Å². The second-order valence-electron chi connectivity index (χ2n) is 11.5. The smallest absolute Gasteiger partial charge is 0.251 e. The minimum Gasteiger partial charge on any atom is -0.490 e. The number of carbonyl (C=O) groups excluding carboxylic acids is 1. The van der Waals surface area contributed by atoms with Crippen LogP contribution in [-0.2, 0) is 0 Å². The molecule has 6 nitrogen and oxygen atoms in total. The first-order valence-electron chi connectivity index (χ1n) is 15.4. The number of ether oxygens (including phenoxy) is 1. The Morgan fingerprint density at radius 3 is 2.05 bits per heavy atom. The van der Waals surface area contributed by atoms with Crippen LogP contribution in [0.4, 0.5) is 0 Å². The summed E-state index contributed by atoms with van der Waals surface area (Å²) in [5, 5.41) is 3.12. The standard InChI is InChI=1S/C36H41N3O3/c40-36(37-26-34(35-14-9-25-41-35)39-21-7-8-22-39)30-15-17-31(18-16-30)42-32-19-23-38(24-20-32)27-33(28-10-3-1-4-11-28)29-12-5-2-6-13-29/h1-6,9-18,25,32-34H,7-8,19-24,26-27H2,(H,37,40). The van der Waals surface area contributed by atoms with E-state index in [1.54, 1.807) is 6.26 Å². The molecular weight excluding hydrogens is 522 g/mol. The van der Waals surface area contributed by atoms with Crippen LogP contribution >= 0.6 is 0 Å². The number of furan rings is 1. The fourth-order valence-corrected chi connectivity index (χ4v) is 6.35. The second-order valence-corrected chi connectivity index (χ2v) is 11.5. The van der Waals surface area contributed by atoms with Gasteiger partial charge in [0.15, 0.2) is 0 Å². The predicted octanol–water partition coefficient (Wildman–Crippen LogP) is 6.52. The lowest BCUT2D eigenvalue weighted by Crippen LogP contribution is -2.40. The Morgan fingerprint density at radius 1 is 0.810 bits per heavy atom. The molecule has 1 atom stereocenters. The van der Waals surface area contributed by atoms with E-state index in [-0.39, 0.29) is 18.1 Å². The molecule has 6 rings (SSSR count). The van der Waals surface area contributed by atoms with E-state index in [9.17, 15) is 4.79 Å². The van der Waals surface area contributed by atoms with Crippen LogP contribution in [0.1, 0.15) is 64.9 Å². The molecular formula is C36H41N3O3. The molecule has 0 spiro atoms. The lowest BCUT2D eigenvalue weighted by molar-refractivity contribution is 0.0933. The summed E-state index contributed by atoms with van der Waals surface area (Å²) in [7, 11) is 0. The van der Waals surface area contributed by atoms with Crippen LogP contribution in [0.15, 0.2) is 108 Å². The first kappa shape index (κ1) is 28.3. The van der Waals surface area contributed by atoms with E-state index >= 15 is 0 Å². The van der Waals surface area contributed by atoms with Gasteiger partial charge in [-0.3, -0.25) is 9.69 Å². The van der Waals surface area contributed by atoms with E-state index in [2.05, 4.69) is 75.8 Å². The van der Waals surface area contributed by atoms with E-state index in [4.69, 9.17) is 9.15 Å². The Morgan fingerprint density at radius 2 is 1.45 bits per heavy atom. The average Bonchev–Trinajstić information content (AvgIpc) is 3.78. The van der Waals surface area contributed by atoms with E-state index in [0.717, 1.165) is 57.1 Å². The summed E-state index contributed by atoms with van der Waals surface area (Å²) in [6.45, 7) is 5.62. The molecule has 1 unspecified atom stereocenters. The third kappa shape index (κ3) is 7.12. The van der Waals surface area contributed by atoms with Crippen LogP contribution in [0.5, 0.6) is 5.75 Å². The third-order valence-electron chi connectivity index (χ3n) is 8.71. The summed E-state index contributed by atoms with van der Waals surface area (Å²) >= 11 is 0. The van der Waals surface area contributed by atoms with Crippen molar-refractivity contribution in [3.8, 4) is 5.75 Å². The van der Waals surface area contributed by atoms with E-state index < -0.39 is 0 Å². The minimum absolute atomic E-state index is 0.0654. The van der Waals surface area contributed by atoms with Gasteiger partial charge in [0.2, 0.25) is 0 Å². The largest absolute Gasteiger partial charge is 0.490 e. The van der Waals surface area contributed by atoms with Crippen molar-refractivity contribution >= 4 is 5.91 Å². The number of carbonyl (C=O) groups is 1. The highest BCUT2D eigenvalue weighted by atomic mass is 16.5. The number of rotatable bonds is 11. The van der Waals surface area contributed by atoms with Crippen molar-refractivity contribution in [1.82, 2.24) is 15.1 Å². The van der Waals surface area contributed by atoms with E-state index in [1.165, 1.54) is 24.0 Å². The van der Waals surface area contributed by atoms with Crippen molar-refractivity contribution < 1.29 is 13.9 Å². The number of hydrogen-bond donors (Lipinski definition) is 1. The normalized spacial score (nSPS) is 17.4. The summed E-state index contributed by atoms with van der Waals surface area (Å²) in [4.78, 5) is 17.9. The SMILES string of the molecule is O=C(NCC(c1ccco1)N1CCCC1)c1ccc(OC2CCN(CC(c3ccccc3)c3ccccc3)CC2)cc1. The molecule has 3 aromatic carbocycles. The Balaban J connectivity index is 0.992. The number of amides is 1. The maximum Gasteiger partial charge on any atom is 0.251 e. The van der Waals surface area contributed by atoms with Gasteiger partial charge in [-0.1, -0.05) is 60.7 Å². The molecule has 1 amide bonds. The lowest BCUT2D eigenvalue weighted by Gasteiger charge is -2.34. The molecule has 3 heterocycles. The van der Waals surface area contributed by atoms with Gasteiger partial charge in [0.1, 0.15) is 17.6 Å². The molecule has 2 aliphatic rings. The zero-order chi connectivity index (χ0) is 28.6. The Kier molecular flexibility index (Phi) is 9.33. The zero-order valence-electron chi connectivity index (χ0n) is 24.2. The maximum absolute atomic E-state index is 13.0. The van der Waals surface area contributed by atoms with Crippen LogP contribution in [0.2, 0.25) is 0 Å². The van der Waals surface area contributed by atoms with Crippen molar-refractivity contribution in [2.24, 2.45) is 0 Å². The van der Waals surface area contributed by atoms with Gasteiger partial charge in [-0.15, -0.1) is 0 Å². The maximum atomic E-state index is 13.0. The van der Waals surface area contributed by atoms with Crippen molar-refractivity contribution in [3.63, 3.8) is 0 Å². The predicted molar refractivity (Wildman–Crippen MR) is 166 cm³/mol. The molecule has 0 bridgehead atoms. The van der Waals surface area contributed by atoms with Crippen LogP contribution in [-0.4, -0.2) is 61.1 Å². The summed E-state index contributed by atoms with van der Waals surface area (Å²) in [6.07, 6.45) is 6.24. The Labute approximate surface area is 249 Å². The molecule has 218 valence electrons. The number of nitrogens with zero attached hydrogens (tertiary/aromatic N) is 2. The fourth-order valence-electron chi connectivity index (χ4n) is 6.35.